The van der Waals surface area contributed by atoms with Crippen molar-refractivity contribution in [2.45, 2.75) is 92.3 Å². The molecule has 4 unspecified atom stereocenters. The van der Waals surface area contributed by atoms with E-state index in [4.69, 9.17) is 4.74 Å². The minimum Gasteiger partial charge on any atom is -0.481 e. The number of rotatable bonds is 7. The Labute approximate surface area is 152 Å². The number of esters is 1. The molecular formula is C20H36O5. The van der Waals surface area contributed by atoms with Crippen LogP contribution in [0.5, 0.6) is 0 Å². The summed E-state index contributed by atoms with van der Waals surface area (Å²) in [5.74, 6) is -0.911. The summed E-state index contributed by atoms with van der Waals surface area (Å²) in [6.45, 7) is 12.8. The molecule has 0 aromatic rings. The van der Waals surface area contributed by atoms with Crippen molar-refractivity contribution in [3.63, 3.8) is 0 Å². The molecule has 25 heavy (non-hydrogen) atoms. The zero-order valence-electron chi connectivity index (χ0n) is 16.9. The van der Waals surface area contributed by atoms with Crippen molar-refractivity contribution in [3.8, 4) is 0 Å². The number of hydrogen-bond donors (Lipinski definition) is 2. The Kier molecular flexibility index (Phi) is 6.71. The fourth-order valence-electron chi connectivity index (χ4n) is 4.01. The highest BCUT2D eigenvalue weighted by Crippen LogP contribution is 2.41. The van der Waals surface area contributed by atoms with Crippen LogP contribution in [0.2, 0.25) is 0 Å². The maximum absolute atomic E-state index is 12.8. The van der Waals surface area contributed by atoms with Gasteiger partial charge < -0.3 is 14.9 Å². The summed E-state index contributed by atoms with van der Waals surface area (Å²) in [6.07, 6.45) is 2.74. The zero-order chi connectivity index (χ0) is 19.6. The molecule has 5 heteroatoms. The Morgan fingerprint density at radius 2 is 1.68 bits per heavy atom. The summed E-state index contributed by atoms with van der Waals surface area (Å²) >= 11 is 0. The molecule has 0 bridgehead atoms. The van der Waals surface area contributed by atoms with Gasteiger partial charge in [0.05, 0.1) is 16.9 Å². The van der Waals surface area contributed by atoms with Crippen molar-refractivity contribution >= 4 is 11.9 Å². The standard InChI is InChI=1S/C20H36O5/c1-8-20(7,16(22)23)12-18(3,4)17(24)25-19(5,6)14-10-9-13(2)11-15(14)21/h13-15,21H,8-12H2,1-7H3,(H,22,23). The molecule has 1 rings (SSSR count). The summed E-state index contributed by atoms with van der Waals surface area (Å²) in [5.41, 5.74) is -2.65. The number of carboxylic acid groups (broad SMARTS) is 1. The van der Waals surface area contributed by atoms with Crippen molar-refractivity contribution in [3.05, 3.63) is 0 Å². The van der Waals surface area contributed by atoms with Crippen LogP contribution in [-0.4, -0.2) is 33.9 Å². The van der Waals surface area contributed by atoms with Crippen molar-refractivity contribution in [1.29, 1.82) is 0 Å². The van der Waals surface area contributed by atoms with E-state index < -0.39 is 34.5 Å². The minimum absolute atomic E-state index is 0.0968. The molecule has 5 nitrogen and oxygen atoms in total. The molecule has 0 aliphatic heterocycles. The average Bonchev–Trinajstić information content (AvgIpc) is 2.45. The topological polar surface area (TPSA) is 83.8 Å². The summed E-state index contributed by atoms with van der Waals surface area (Å²) in [6, 6.07) is 0. The third kappa shape index (κ3) is 5.19. The number of carbonyl (C=O) groups is 2. The van der Waals surface area contributed by atoms with Gasteiger partial charge in [-0.15, -0.1) is 0 Å². The summed E-state index contributed by atoms with van der Waals surface area (Å²) in [5, 5.41) is 19.9. The van der Waals surface area contributed by atoms with Gasteiger partial charge in [-0.25, -0.2) is 0 Å². The van der Waals surface area contributed by atoms with Gasteiger partial charge in [-0.3, -0.25) is 9.59 Å². The van der Waals surface area contributed by atoms with E-state index >= 15 is 0 Å². The van der Waals surface area contributed by atoms with Gasteiger partial charge in [0.1, 0.15) is 5.60 Å². The smallest absolute Gasteiger partial charge is 0.312 e. The van der Waals surface area contributed by atoms with Crippen LogP contribution in [0, 0.1) is 22.7 Å². The Morgan fingerprint density at radius 3 is 2.12 bits per heavy atom. The lowest BCUT2D eigenvalue weighted by atomic mass is 9.71. The van der Waals surface area contributed by atoms with Crippen LogP contribution in [0.1, 0.15) is 80.6 Å². The molecular weight excluding hydrogens is 320 g/mol. The first kappa shape index (κ1) is 21.9. The molecule has 0 radical (unpaired) electrons. The molecule has 1 aliphatic rings. The van der Waals surface area contributed by atoms with Gasteiger partial charge in [0.25, 0.3) is 0 Å². The number of carbonyl (C=O) groups excluding carboxylic acids is 1. The Bertz CT molecular complexity index is 496. The van der Waals surface area contributed by atoms with Crippen LogP contribution >= 0.6 is 0 Å². The number of aliphatic hydroxyl groups excluding tert-OH is 1. The molecule has 2 N–H and O–H groups in total. The van der Waals surface area contributed by atoms with E-state index in [0.29, 0.717) is 12.3 Å². The molecule has 1 aliphatic carbocycles. The van der Waals surface area contributed by atoms with E-state index in [1.807, 2.05) is 20.8 Å². The third-order valence-corrected chi connectivity index (χ3v) is 6.01. The first-order valence-electron chi connectivity index (χ1n) is 9.40. The highest BCUT2D eigenvalue weighted by molar-refractivity contribution is 5.79. The van der Waals surface area contributed by atoms with Crippen LogP contribution < -0.4 is 0 Å². The lowest BCUT2D eigenvalue weighted by Gasteiger charge is -2.43. The van der Waals surface area contributed by atoms with Gasteiger partial charge in [0.2, 0.25) is 0 Å². The Hall–Kier alpha value is -1.10. The number of carboxylic acids is 1. The lowest BCUT2D eigenvalue weighted by molar-refractivity contribution is -0.182. The monoisotopic (exact) mass is 356 g/mol. The van der Waals surface area contributed by atoms with Gasteiger partial charge in [-0.2, -0.15) is 0 Å². The zero-order valence-corrected chi connectivity index (χ0v) is 16.9. The van der Waals surface area contributed by atoms with Gasteiger partial charge in [0.15, 0.2) is 0 Å². The number of ether oxygens (including phenoxy) is 1. The molecule has 0 aromatic heterocycles. The van der Waals surface area contributed by atoms with E-state index in [9.17, 15) is 19.8 Å². The van der Waals surface area contributed by atoms with Crippen molar-refractivity contribution in [1.82, 2.24) is 0 Å². The quantitative estimate of drug-likeness (QED) is 0.673. The van der Waals surface area contributed by atoms with E-state index in [0.717, 1.165) is 19.3 Å². The van der Waals surface area contributed by atoms with Crippen LogP contribution in [0.25, 0.3) is 0 Å². The number of aliphatic carboxylic acids is 1. The van der Waals surface area contributed by atoms with Crippen molar-refractivity contribution < 1.29 is 24.5 Å². The van der Waals surface area contributed by atoms with Crippen LogP contribution in [0.15, 0.2) is 0 Å². The second kappa shape index (κ2) is 7.65. The number of hydrogen-bond acceptors (Lipinski definition) is 4. The average molecular weight is 357 g/mol. The molecule has 0 amide bonds. The van der Waals surface area contributed by atoms with E-state index in [1.54, 1.807) is 20.8 Å². The SMILES string of the molecule is CCC(C)(CC(C)(C)C(=O)OC(C)(C)C1CCC(C)CC1O)C(=O)O. The third-order valence-electron chi connectivity index (χ3n) is 6.01. The molecule has 146 valence electrons. The maximum atomic E-state index is 12.8. The first-order valence-corrected chi connectivity index (χ1v) is 9.40. The van der Waals surface area contributed by atoms with Gasteiger partial charge in [-0.1, -0.05) is 20.3 Å². The van der Waals surface area contributed by atoms with E-state index in [2.05, 4.69) is 6.92 Å². The Morgan fingerprint density at radius 1 is 1.12 bits per heavy atom. The fourth-order valence-corrected chi connectivity index (χ4v) is 4.01. The molecule has 0 spiro atoms. The second-order valence-corrected chi connectivity index (χ2v) is 9.37. The summed E-state index contributed by atoms with van der Waals surface area (Å²) in [7, 11) is 0. The minimum atomic E-state index is -0.966. The highest BCUT2D eigenvalue weighted by atomic mass is 16.6. The molecule has 4 atom stereocenters. The lowest BCUT2D eigenvalue weighted by Crippen LogP contribution is -2.48. The fraction of sp³-hybridized carbons (Fsp3) is 0.900. The van der Waals surface area contributed by atoms with Crippen LogP contribution in [-0.2, 0) is 14.3 Å². The summed E-state index contributed by atoms with van der Waals surface area (Å²) in [4.78, 5) is 24.4. The van der Waals surface area contributed by atoms with Gasteiger partial charge in [-0.05, 0) is 66.2 Å². The molecule has 0 saturated heterocycles. The van der Waals surface area contributed by atoms with Crippen LogP contribution in [0.3, 0.4) is 0 Å². The highest BCUT2D eigenvalue weighted by Gasteiger charge is 2.46. The number of aliphatic hydroxyl groups is 1. The Balaban J connectivity index is 2.86. The van der Waals surface area contributed by atoms with Crippen molar-refractivity contribution in [2.24, 2.45) is 22.7 Å². The molecule has 0 aromatic carbocycles. The normalized spacial score (nSPS) is 27.4. The molecule has 1 fully saturated rings. The largest absolute Gasteiger partial charge is 0.481 e. The predicted molar refractivity (Wildman–Crippen MR) is 97.1 cm³/mol. The van der Waals surface area contributed by atoms with E-state index in [1.165, 1.54) is 0 Å². The summed E-state index contributed by atoms with van der Waals surface area (Å²) < 4.78 is 5.83. The van der Waals surface area contributed by atoms with Crippen LogP contribution in [0.4, 0.5) is 0 Å². The van der Waals surface area contributed by atoms with Gasteiger partial charge in [0, 0.05) is 5.92 Å². The molecule has 1 saturated carbocycles. The first-order chi connectivity index (χ1) is 11.2. The van der Waals surface area contributed by atoms with E-state index in [-0.39, 0.29) is 12.3 Å². The predicted octanol–water partition coefficient (Wildman–Crippen LogP) is 4.02. The van der Waals surface area contributed by atoms with Crippen molar-refractivity contribution in [2.75, 3.05) is 0 Å². The second-order valence-electron chi connectivity index (χ2n) is 9.37. The van der Waals surface area contributed by atoms with Gasteiger partial charge >= 0.3 is 11.9 Å². The molecule has 0 heterocycles. The maximum Gasteiger partial charge on any atom is 0.312 e.